The van der Waals surface area contributed by atoms with Gasteiger partial charge in [-0.1, -0.05) is 11.8 Å². The van der Waals surface area contributed by atoms with E-state index in [4.69, 9.17) is 5.73 Å². The molecule has 0 saturated heterocycles. The van der Waals surface area contributed by atoms with Crippen molar-refractivity contribution in [3.63, 3.8) is 0 Å². The van der Waals surface area contributed by atoms with Gasteiger partial charge in [0.05, 0.1) is 5.69 Å². The van der Waals surface area contributed by atoms with Crippen molar-refractivity contribution in [3.05, 3.63) is 36.4 Å². The summed E-state index contributed by atoms with van der Waals surface area (Å²) in [4.78, 5) is 18.7. The number of halogens is 1. The van der Waals surface area contributed by atoms with Gasteiger partial charge in [-0.05, 0) is 24.6 Å². The predicted molar refractivity (Wildman–Crippen MR) is 78.0 cm³/mol. The van der Waals surface area contributed by atoms with Gasteiger partial charge in [0, 0.05) is 30.3 Å². The quantitative estimate of drug-likeness (QED) is 0.434. The molecule has 1 amide bonds. The molecule has 0 fully saturated rings. The average Bonchev–Trinajstić information content (AvgIpc) is 2.92. The lowest BCUT2D eigenvalue weighted by Gasteiger charge is -2.06. The van der Waals surface area contributed by atoms with E-state index in [1.807, 2.05) is 0 Å². The summed E-state index contributed by atoms with van der Waals surface area (Å²) >= 11 is 1.56. The molecule has 1 heterocycles. The number of aromatic nitrogens is 2. The second-order valence-corrected chi connectivity index (χ2v) is 5.21. The zero-order valence-electron chi connectivity index (χ0n) is 10.7. The number of carbonyl (C=O) groups is 1. The largest absolute Gasteiger partial charge is 0.396 e. The lowest BCUT2D eigenvalue weighted by atomic mass is 10.2. The number of imidazole rings is 1. The summed E-state index contributed by atoms with van der Waals surface area (Å²) in [6.45, 7) is 0. The normalized spacial score (nSPS) is 10.4. The fourth-order valence-corrected chi connectivity index (χ4v) is 2.35. The minimum Gasteiger partial charge on any atom is -0.396 e. The smallest absolute Gasteiger partial charge is 0.224 e. The number of nitrogens with two attached hydrogens (primary N) is 1. The third-order valence-electron chi connectivity index (χ3n) is 2.54. The summed E-state index contributed by atoms with van der Waals surface area (Å²) in [6.07, 6.45) is 4.57. The van der Waals surface area contributed by atoms with Crippen LogP contribution in [0.5, 0.6) is 0 Å². The van der Waals surface area contributed by atoms with Gasteiger partial charge in [0.15, 0.2) is 5.16 Å². The standard InChI is InChI=1S/C13H15FN4OS/c14-10-4-3-9(8-11(10)15)18-12(19)2-1-7-20-13-16-5-6-17-13/h3-6,8H,1-2,7,15H2,(H,16,17)(H,18,19). The first kappa shape index (κ1) is 14.4. The molecule has 106 valence electrons. The molecule has 0 aliphatic carbocycles. The molecule has 4 N–H and O–H groups in total. The highest BCUT2D eigenvalue weighted by atomic mass is 32.2. The topological polar surface area (TPSA) is 83.8 Å². The van der Waals surface area contributed by atoms with Gasteiger partial charge in [-0.3, -0.25) is 4.79 Å². The SMILES string of the molecule is Nc1cc(NC(=O)CCCSc2ncc[nH]2)ccc1F. The zero-order valence-corrected chi connectivity index (χ0v) is 11.5. The number of nitrogens with one attached hydrogen (secondary N) is 2. The molecule has 0 saturated carbocycles. The zero-order chi connectivity index (χ0) is 14.4. The van der Waals surface area contributed by atoms with Gasteiger partial charge in [-0.2, -0.15) is 0 Å². The lowest BCUT2D eigenvalue weighted by molar-refractivity contribution is -0.116. The van der Waals surface area contributed by atoms with E-state index in [1.54, 1.807) is 24.2 Å². The molecule has 0 unspecified atom stereocenters. The van der Waals surface area contributed by atoms with Gasteiger partial charge in [0.2, 0.25) is 5.91 Å². The van der Waals surface area contributed by atoms with Crippen LogP contribution in [0.4, 0.5) is 15.8 Å². The number of thioether (sulfide) groups is 1. The Morgan fingerprint density at radius 2 is 2.35 bits per heavy atom. The molecule has 0 radical (unpaired) electrons. The number of H-pyrrole nitrogens is 1. The molecule has 2 aromatic rings. The van der Waals surface area contributed by atoms with Crippen LogP contribution < -0.4 is 11.1 Å². The van der Waals surface area contributed by atoms with Crippen LogP contribution >= 0.6 is 11.8 Å². The summed E-state index contributed by atoms with van der Waals surface area (Å²) in [5.41, 5.74) is 5.96. The molecule has 5 nitrogen and oxygen atoms in total. The van der Waals surface area contributed by atoms with Crippen LogP contribution in [0.3, 0.4) is 0 Å². The minimum absolute atomic E-state index is 0.0242. The van der Waals surface area contributed by atoms with Gasteiger partial charge < -0.3 is 16.0 Å². The molecule has 1 aromatic carbocycles. The average molecular weight is 294 g/mol. The molecular weight excluding hydrogens is 279 g/mol. The van der Waals surface area contributed by atoms with Gasteiger partial charge in [0.25, 0.3) is 0 Å². The Kier molecular flexibility index (Phi) is 5.00. The van der Waals surface area contributed by atoms with E-state index >= 15 is 0 Å². The van der Waals surface area contributed by atoms with Gasteiger partial charge in [-0.15, -0.1) is 0 Å². The first-order valence-electron chi connectivity index (χ1n) is 6.12. The molecule has 0 aliphatic heterocycles. The second-order valence-electron chi connectivity index (χ2n) is 4.13. The van der Waals surface area contributed by atoms with Crippen molar-refractivity contribution in [1.82, 2.24) is 9.97 Å². The number of hydrogen-bond donors (Lipinski definition) is 3. The minimum atomic E-state index is -0.488. The fraction of sp³-hybridized carbons (Fsp3) is 0.231. The molecule has 20 heavy (non-hydrogen) atoms. The van der Waals surface area contributed by atoms with E-state index in [-0.39, 0.29) is 11.6 Å². The Morgan fingerprint density at radius 3 is 3.05 bits per heavy atom. The van der Waals surface area contributed by atoms with Crippen molar-refractivity contribution in [2.24, 2.45) is 0 Å². The molecule has 1 aromatic heterocycles. The van der Waals surface area contributed by atoms with Crippen molar-refractivity contribution in [1.29, 1.82) is 0 Å². The van der Waals surface area contributed by atoms with Gasteiger partial charge >= 0.3 is 0 Å². The van der Waals surface area contributed by atoms with Crippen LogP contribution in [-0.2, 0) is 4.79 Å². The van der Waals surface area contributed by atoms with Crippen molar-refractivity contribution < 1.29 is 9.18 Å². The first-order chi connectivity index (χ1) is 9.65. The maximum Gasteiger partial charge on any atom is 0.224 e. The number of aromatic amines is 1. The van der Waals surface area contributed by atoms with Gasteiger partial charge in [0.1, 0.15) is 5.82 Å². The van der Waals surface area contributed by atoms with E-state index < -0.39 is 5.82 Å². The number of hydrogen-bond acceptors (Lipinski definition) is 4. The molecule has 0 aliphatic rings. The first-order valence-corrected chi connectivity index (χ1v) is 7.11. The number of anilines is 2. The molecular formula is C13H15FN4OS. The molecule has 0 spiro atoms. The van der Waals surface area contributed by atoms with E-state index in [0.29, 0.717) is 12.1 Å². The Morgan fingerprint density at radius 1 is 1.50 bits per heavy atom. The van der Waals surface area contributed by atoms with Crippen molar-refractivity contribution in [2.75, 3.05) is 16.8 Å². The molecule has 2 rings (SSSR count). The molecule has 0 bridgehead atoms. The highest BCUT2D eigenvalue weighted by molar-refractivity contribution is 7.99. The monoisotopic (exact) mass is 294 g/mol. The number of rotatable bonds is 6. The van der Waals surface area contributed by atoms with Crippen LogP contribution in [0.15, 0.2) is 35.7 Å². The van der Waals surface area contributed by atoms with Crippen LogP contribution in [0, 0.1) is 5.82 Å². The Bertz CT molecular complexity index is 574. The summed E-state index contributed by atoms with van der Waals surface area (Å²) < 4.78 is 13.0. The second kappa shape index (κ2) is 6.95. The van der Waals surface area contributed by atoms with E-state index in [2.05, 4.69) is 15.3 Å². The van der Waals surface area contributed by atoms with Crippen LogP contribution in [0.1, 0.15) is 12.8 Å². The van der Waals surface area contributed by atoms with E-state index in [0.717, 1.165) is 17.3 Å². The molecule has 7 heteroatoms. The highest BCUT2D eigenvalue weighted by Crippen LogP contribution is 2.17. The van der Waals surface area contributed by atoms with Crippen LogP contribution in [-0.4, -0.2) is 21.6 Å². The summed E-state index contributed by atoms with van der Waals surface area (Å²) in [6, 6.07) is 4.13. The van der Waals surface area contributed by atoms with Crippen molar-refractivity contribution in [2.45, 2.75) is 18.0 Å². The maximum absolute atomic E-state index is 13.0. The van der Waals surface area contributed by atoms with Crippen molar-refractivity contribution in [3.8, 4) is 0 Å². The summed E-state index contributed by atoms with van der Waals surface area (Å²) in [7, 11) is 0. The van der Waals surface area contributed by atoms with Crippen LogP contribution in [0.2, 0.25) is 0 Å². The van der Waals surface area contributed by atoms with Crippen molar-refractivity contribution >= 4 is 29.0 Å². The number of benzene rings is 1. The summed E-state index contributed by atoms with van der Waals surface area (Å²) in [5, 5.41) is 3.53. The van der Waals surface area contributed by atoms with Crippen LogP contribution in [0.25, 0.3) is 0 Å². The third-order valence-corrected chi connectivity index (χ3v) is 3.53. The highest BCUT2D eigenvalue weighted by Gasteiger charge is 2.05. The predicted octanol–water partition coefficient (Wildman–Crippen LogP) is 2.64. The Hall–Kier alpha value is -2.02. The Labute approximate surface area is 120 Å². The van der Waals surface area contributed by atoms with E-state index in [9.17, 15) is 9.18 Å². The van der Waals surface area contributed by atoms with Gasteiger partial charge in [-0.25, -0.2) is 9.37 Å². The lowest BCUT2D eigenvalue weighted by Crippen LogP contribution is -2.11. The maximum atomic E-state index is 13.0. The molecule has 0 atom stereocenters. The number of carbonyl (C=O) groups excluding carboxylic acids is 1. The number of amides is 1. The fourth-order valence-electron chi connectivity index (χ4n) is 1.58. The summed E-state index contributed by atoms with van der Waals surface area (Å²) in [5.74, 6) is 0.195. The number of nitrogen functional groups attached to an aromatic ring is 1. The third kappa shape index (κ3) is 4.27. The Balaban J connectivity index is 1.71. The number of nitrogens with zero attached hydrogens (tertiary/aromatic N) is 1. The van der Waals surface area contributed by atoms with E-state index in [1.165, 1.54) is 18.2 Å².